The fourth-order valence-corrected chi connectivity index (χ4v) is 1.36. The van der Waals surface area contributed by atoms with Gasteiger partial charge in [-0.15, -0.1) is 0 Å². The Morgan fingerprint density at radius 1 is 1.39 bits per heavy atom. The molecule has 98 valence electrons. The van der Waals surface area contributed by atoms with Crippen molar-refractivity contribution < 1.29 is 29.6 Å². The number of aliphatic hydroxyl groups is 3. The van der Waals surface area contributed by atoms with E-state index in [0.717, 1.165) is 18.2 Å². The van der Waals surface area contributed by atoms with Crippen LogP contribution in [0.3, 0.4) is 0 Å². The molecule has 2 atom stereocenters. The van der Waals surface area contributed by atoms with E-state index in [9.17, 15) is 19.4 Å². The maximum absolute atomic E-state index is 13.3. The van der Waals surface area contributed by atoms with Gasteiger partial charge in [-0.2, -0.15) is 0 Å². The lowest BCUT2D eigenvalue weighted by atomic mass is 10.0. The normalized spacial score (nSPS) is 14.7. The Morgan fingerprint density at radius 2 is 2.06 bits per heavy atom. The number of carbonyl (C=O) groups is 1. The Kier molecular flexibility index (Phi) is 4.96. The predicted octanol–water partition coefficient (Wildman–Crippen LogP) is 0.310. The van der Waals surface area contributed by atoms with Gasteiger partial charge in [0.2, 0.25) is 0 Å². The Morgan fingerprint density at radius 3 is 2.61 bits per heavy atom. The second kappa shape index (κ2) is 6.25. The van der Waals surface area contributed by atoms with Gasteiger partial charge in [0, 0.05) is 11.6 Å². The Balaban J connectivity index is 3.03. The van der Waals surface area contributed by atoms with Crippen molar-refractivity contribution in [1.29, 1.82) is 0 Å². The quantitative estimate of drug-likeness (QED) is 0.568. The minimum Gasteiger partial charge on any atom is -0.478 e. The van der Waals surface area contributed by atoms with Crippen LogP contribution < -0.4 is 0 Å². The summed E-state index contributed by atoms with van der Waals surface area (Å²) in [7, 11) is 0. The summed E-state index contributed by atoms with van der Waals surface area (Å²) in [5.41, 5.74) is 0.155. The molecule has 0 heterocycles. The van der Waals surface area contributed by atoms with Crippen molar-refractivity contribution in [3.05, 3.63) is 41.2 Å². The van der Waals surface area contributed by atoms with Crippen LogP contribution in [0.4, 0.5) is 4.39 Å². The molecule has 0 aliphatic heterocycles. The second-order valence-electron chi connectivity index (χ2n) is 3.65. The monoisotopic (exact) mass is 256 g/mol. The molecule has 0 amide bonds. The zero-order chi connectivity index (χ0) is 13.7. The third-order valence-electron chi connectivity index (χ3n) is 2.32. The number of rotatable bonds is 5. The van der Waals surface area contributed by atoms with E-state index in [4.69, 9.17) is 10.2 Å². The van der Waals surface area contributed by atoms with Crippen LogP contribution in [0.2, 0.25) is 0 Å². The van der Waals surface area contributed by atoms with Gasteiger partial charge in [-0.05, 0) is 23.8 Å². The first-order chi connectivity index (χ1) is 8.45. The summed E-state index contributed by atoms with van der Waals surface area (Å²) in [6.45, 7) is -0.640. The molecule has 0 saturated carbocycles. The third kappa shape index (κ3) is 3.63. The van der Waals surface area contributed by atoms with Gasteiger partial charge < -0.3 is 20.4 Å². The summed E-state index contributed by atoms with van der Waals surface area (Å²) >= 11 is 0. The summed E-state index contributed by atoms with van der Waals surface area (Å²) in [5, 5.41) is 36.0. The van der Waals surface area contributed by atoms with Crippen LogP contribution in [0.5, 0.6) is 0 Å². The molecule has 4 N–H and O–H groups in total. The fraction of sp³-hybridized carbons (Fsp3) is 0.250. The fourth-order valence-electron chi connectivity index (χ4n) is 1.36. The number of aliphatic carboxylic acids is 1. The minimum atomic E-state index is -1.38. The van der Waals surface area contributed by atoms with E-state index < -0.39 is 30.6 Å². The van der Waals surface area contributed by atoms with Crippen molar-refractivity contribution in [3.63, 3.8) is 0 Å². The number of hydrogen-bond donors (Lipinski definition) is 4. The third-order valence-corrected chi connectivity index (χ3v) is 2.32. The van der Waals surface area contributed by atoms with Crippen LogP contribution in [0.15, 0.2) is 24.3 Å². The Bertz CT molecular complexity index is 458. The van der Waals surface area contributed by atoms with E-state index in [1.807, 2.05) is 0 Å². The molecule has 0 bridgehead atoms. The molecule has 5 nitrogen and oxygen atoms in total. The highest BCUT2D eigenvalue weighted by Gasteiger charge is 2.18. The Labute approximate surface area is 102 Å². The van der Waals surface area contributed by atoms with Gasteiger partial charge in [-0.1, -0.05) is 6.07 Å². The number of halogens is 1. The van der Waals surface area contributed by atoms with Gasteiger partial charge in [-0.3, -0.25) is 0 Å². The van der Waals surface area contributed by atoms with E-state index in [1.54, 1.807) is 0 Å². The summed E-state index contributed by atoms with van der Waals surface area (Å²) in [5.74, 6) is -1.88. The van der Waals surface area contributed by atoms with E-state index in [-0.39, 0.29) is 11.1 Å². The number of hydrogen-bond acceptors (Lipinski definition) is 4. The number of aliphatic hydroxyl groups excluding tert-OH is 3. The van der Waals surface area contributed by atoms with Crippen molar-refractivity contribution in [3.8, 4) is 0 Å². The van der Waals surface area contributed by atoms with Crippen LogP contribution >= 0.6 is 0 Å². The predicted molar refractivity (Wildman–Crippen MR) is 61.1 cm³/mol. The topological polar surface area (TPSA) is 98.0 Å². The Hall–Kier alpha value is -1.76. The van der Waals surface area contributed by atoms with Gasteiger partial charge in [-0.25, -0.2) is 9.18 Å². The smallest absolute Gasteiger partial charge is 0.328 e. The molecule has 0 radical (unpaired) electrons. The van der Waals surface area contributed by atoms with E-state index in [0.29, 0.717) is 0 Å². The molecule has 2 unspecified atom stereocenters. The SMILES string of the molecule is O=C(O)/C=C/c1cc(C(O)C(O)CO)ccc1F. The van der Waals surface area contributed by atoms with Crippen LogP contribution in [-0.4, -0.2) is 39.1 Å². The largest absolute Gasteiger partial charge is 0.478 e. The molecule has 0 aromatic heterocycles. The molecule has 18 heavy (non-hydrogen) atoms. The summed E-state index contributed by atoms with van der Waals surface area (Å²) in [6, 6.07) is 3.50. The number of carboxylic acids is 1. The molecular formula is C12H13FO5. The average Bonchev–Trinajstić information content (AvgIpc) is 2.35. The molecule has 1 aromatic carbocycles. The van der Waals surface area contributed by atoms with Crippen molar-refractivity contribution in [1.82, 2.24) is 0 Å². The highest BCUT2D eigenvalue weighted by atomic mass is 19.1. The van der Waals surface area contributed by atoms with E-state index in [2.05, 4.69) is 0 Å². The van der Waals surface area contributed by atoms with Gasteiger partial charge in [0.25, 0.3) is 0 Å². The molecule has 0 aliphatic rings. The zero-order valence-corrected chi connectivity index (χ0v) is 9.32. The average molecular weight is 256 g/mol. The zero-order valence-electron chi connectivity index (χ0n) is 9.32. The lowest BCUT2D eigenvalue weighted by Gasteiger charge is -2.16. The highest BCUT2D eigenvalue weighted by Crippen LogP contribution is 2.20. The first-order valence-electron chi connectivity index (χ1n) is 5.13. The van der Waals surface area contributed by atoms with Crippen LogP contribution in [0.25, 0.3) is 6.08 Å². The first-order valence-corrected chi connectivity index (χ1v) is 5.13. The summed E-state index contributed by atoms with van der Waals surface area (Å²) in [4.78, 5) is 10.3. The number of benzene rings is 1. The van der Waals surface area contributed by atoms with Gasteiger partial charge in [0.05, 0.1) is 6.61 Å². The van der Waals surface area contributed by atoms with Crippen molar-refractivity contribution in [2.24, 2.45) is 0 Å². The van der Waals surface area contributed by atoms with Crippen LogP contribution in [-0.2, 0) is 4.79 Å². The molecule has 1 aromatic rings. The van der Waals surface area contributed by atoms with Gasteiger partial charge in [0.1, 0.15) is 18.0 Å². The second-order valence-corrected chi connectivity index (χ2v) is 3.65. The maximum Gasteiger partial charge on any atom is 0.328 e. The van der Waals surface area contributed by atoms with E-state index in [1.165, 1.54) is 12.1 Å². The van der Waals surface area contributed by atoms with Crippen molar-refractivity contribution in [2.45, 2.75) is 12.2 Å². The molecule has 0 saturated heterocycles. The maximum atomic E-state index is 13.3. The van der Waals surface area contributed by atoms with Crippen LogP contribution in [0.1, 0.15) is 17.2 Å². The van der Waals surface area contributed by atoms with Gasteiger partial charge >= 0.3 is 5.97 Å². The van der Waals surface area contributed by atoms with Crippen molar-refractivity contribution in [2.75, 3.05) is 6.61 Å². The standard InChI is InChI=1S/C12H13FO5/c13-9-3-1-8(12(18)10(15)6-14)5-7(9)2-4-11(16)17/h1-5,10,12,14-15,18H,6H2,(H,16,17)/b4-2+. The van der Waals surface area contributed by atoms with Crippen LogP contribution in [0, 0.1) is 5.82 Å². The lowest BCUT2D eigenvalue weighted by Crippen LogP contribution is -2.22. The lowest BCUT2D eigenvalue weighted by molar-refractivity contribution is -0.131. The van der Waals surface area contributed by atoms with E-state index >= 15 is 0 Å². The molecule has 1 rings (SSSR count). The van der Waals surface area contributed by atoms with Gasteiger partial charge in [0.15, 0.2) is 0 Å². The molecule has 0 spiro atoms. The van der Waals surface area contributed by atoms with Crippen molar-refractivity contribution >= 4 is 12.0 Å². The molecule has 0 fully saturated rings. The summed E-state index contributed by atoms with van der Waals surface area (Å²) < 4.78 is 13.3. The summed E-state index contributed by atoms with van der Waals surface area (Å²) in [6.07, 6.45) is -0.949. The highest BCUT2D eigenvalue weighted by molar-refractivity contribution is 5.85. The first kappa shape index (κ1) is 14.3. The minimum absolute atomic E-state index is 0.0286. The number of carboxylic acid groups (broad SMARTS) is 1. The molecular weight excluding hydrogens is 243 g/mol. The molecule has 0 aliphatic carbocycles. The molecule has 6 heteroatoms.